The van der Waals surface area contributed by atoms with Crippen molar-refractivity contribution in [3.63, 3.8) is 0 Å². The number of nitrogens with zero attached hydrogens (tertiary/aromatic N) is 2. The van der Waals surface area contributed by atoms with E-state index in [1.54, 1.807) is 0 Å². The first-order valence-corrected chi connectivity index (χ1v) is 8.14. The fourth-order valence-electron chi connectivity index (χ4n) is 3.08. The van der Waals surface area contributed by atoms with Crippen molar-refractivity contribution < 1.29 is 4.79 Å². The Kier molecular flexibility index (Phi) is 3.63. The molecule has 1 aromatic rings. The van der Waals surface area contributed by atoms with E-state index in [1.165, 1.54) is 23.3 Å². The molecule has 0 bridgehead atoms. The second-order valence-corrected chi connectivity index (χ2v) is 6.71. The Morgan fingerprint density at radius 2 is 2.32 bits per heavy atom. The summed E-state index contributed by atoms with van der Waals surface area (Å²) in [6, 6.07) is 3.17. The van der Waals surface area contributed by atoms with Crippen molar-refractivity contribution in [3.05, 3.63) is 21.9 Å². The van der Waals surface area contributed by atoms with Gasteiger partial charge < -0.3 is 4.90 Å². The fourth-order valence-corrected chi connectivity index (χ4v) is 4.01. The molecule has 0 unspecified atom stereocenters. The summed E-state index contributed by atoms with van der Waals surface area (Å²) in [5.41, 5.74) is 1.39. The molecule has 0 saturated heterocycles. The Labute approximate surface area is 119 Å². The smallest absolute Gasteiger partial charge is 0.237 e. The van der Waals surface area contributed by atoms with Crippen LogP contribution in [0.4, 0.5) is 0 Å². The summed E-state index contributed by atoms with van der Waals surface area (Å²) in [5, 5.41) is 2.16. The lowest BCUT2D eigenvalue weighted by molar-refractivity contribution is -0.135. The van der Waals surface area contributed by atoms with Crippen LogP contribution in [-0.4, -0.2) is 41.9 Å². The van der Waals surface area contributed by atoms with Gasteiger partial charge in [-0.3, -0.25) is 9.69 Å². The van der Waals surface area contributed by atoms with Crippen molar-refractivity contribution in [1.82, 2.24) is 9.80 Å². The number of carbonyl (C=O) groups is 1. The molecular formula is C15H22N2OS. The molecule has 3 rings (SSSR count). The van der Waals surface area contributed by atoms with E-state index in [9.17, 15) is 4.79 Å². The molecule has 4 heteroatoms. The van der Waals surface area contributed by atoms with Gasteiger partial charge in [0.15, 0.2) is 0 Å². The summed E-state index contributed by atoms with van der Waals surface area (Å²) < 4.78 is 0. The standard InChI is InChI=1S/C15H22N2OS/c1-3-13-12-7-9-19-14(12)6-8-17(13)15(18)10-16(2)11-4-5-11/h7,9,11,13H,3-6,8,10H2,1-2H3/t13-/m0/s1. The summed E-state index contributed by atoms with van der Waals surface area (Å²) in [6.45, 7) is 3.66. The van der Waals surface area contributed by atoms with Gasteiger partial charge in [-0.05, 0) is 49.7 Å². The van der Waals surface area contributed by atoms with Gasteiger partial charge in [0.1, 0.15) is 0 Å². The van der Waals surface area contributed by atoms with E-state index >= 15 is 0 Å². The molecule has 1 fully saturated rings. The molecule has 0 spiro atoms. The number of likely N-dealkylation sites (N-methyl/N-ethyl adjacent to an activating group) is 1. The first-order chi connectivity index (χ1) is 9.20. The zero-order valence-corrected chi connectivity index (χ0v) is 12.6. The summed E-state index contributed by atoms with van der Waals surface area (Å²) in [7, 11) is 2.08. The average Bonchev–Trinajstić information content (AvgIpc) is 3.15. The zero-order valence-electron chi connectivity index (χ0n) is 11.8. The van der Waals surface area contributed by atoms with Crippen LogP contribution in [0.3, 0.4) is 0 Å². The Morgan fingerprint density at radius 3 is 3.00 bits per heavy atom. The maximum absolute atomic E-state index is 12.5. The number of rotatable bonds is 4. The Bertz CT molecular complexity index is 466. The van der Waals surface area contributed by atoms with Gasteiger partial charge in [-0.1, -0.05) is 6.92 Å². The second-order valence-electron chi connectivity index (χ2n) is 5.71. The van der Waals surface area contributed by atoms with E-state index in [4.69, 9.17) is 0 Å². The van der Waals surface area contributed by atoms with Gasteiger partial charge in [0.05, 0.1) is 12.6 Å². The lowest BCUT2D eigenvalue weighted by Gasteiger charge is -2.36. The van der Waals surface area contributed by atoms with Crippen LogP contribution in [0.2, 0.25) is 0 Å². The van der Waals surface area contributed by atoms with Crippen molar-refractivity contribution in [3.8, 4) is 0 Å². The third kappa shape index (κ3) is 2.56. The van der Waals surface area contributed by atoms with Crippen molar-refractivity contribution in [2.24, 2.45) is 0 Å². The molecule has 1 aromatic heterocycles. The minimum absolute atomic E-state index is 0.301. The van der Waals surface area contributed by atoms with Gasteiger partial charge >= 0.3 is 0 Å². The van der Waals surface area contributed by atoms with Crippen LogP contribution in [0, 0.1) is 0 Å². The lowest BCUT2D eigenvalue weighted by Crippen LogP contribution is -2.44. The van der Waals surface area contributed by atoms with E-state index in [1.807, 2.05) is 11.3 Å². The van der Waals surface area contributed by atoms with Crippen molar-refractivity contribution >= 4 is 17.2 Å². The maximum Gasteiger partial charge on any atom is 0.237 e. The Balaban J connectivity index is 1.71. The molecule has 1 atom stereocenters. The zero-order chi connectivity index (χ0) is 13.4. The molecule has 104 valence electrons. The highest BCUT2D eigenvalue weighted by Crippen LogP contribution is 2.35. The van der Waals surface area contributed by atoms with Crippen LogP contribution in [0.5, 0.6) is 0 Å². The molecule has 19 heavy (non-hydrogen) atoms. The third-order valence-corrected chi connectivity index (χ3v) is 5.35. The SMILES string of the molecule is CC[C@H]1c2ccsc2CCN1C(=O)CN(C)C1CC1. The molecule has 2 heterocycles. The molecule has 2 aliphatic rings. The number of carbonyl (C=O) groups excluding carboxylic acids is 1. The maximum atomic E-state index is 12.5. The first-order valence-electron chi connectivity index (χ1n) is 7.26. The van der Waals surface area contributed by atoms with Crippen LogP contribution in [0.1, 0.15) is 42.7 Å². The summed E-state index contributed by atoms with van der Waals surface area (Å²) >= 11 is 1.84. The monoisotopic (exact) mass is 278 g/mol. The molecule has 1 amide bonds. The number of amides is 1. The fraction of sp³-hybridized carbons (Fsp3) is 0.667. The van der Waals surface area contributed by atoms with Gasteiger partial charge in [-0.25, -0.2) is 0 Å². The van der Waals surface area contributed by atoms with Crippen LogP contribution in [-0.2, 0) is 11.2 Å². The molecule has 0 N–H and O–H groups in total. The van der Waals surface area contributed by atoms with E-state index in [0.717, 1.165) is 19.4 Å². The van der Waals surface area contributed by atoms with E-state index in [0.29, 0.717) is 24.5 Å². The number of thiophene rings is 1. The molecule has 1 aliphatic heterocycles. The largest absolute Gasteiger partial charge is 0.334 e. The van der Waals surface area contributed by atoms with E-state index in [2.05, 4.69) is 35.2 Å². The minimum Gasteiger partial charge on any atom is -0.334 e. The average molecular weight is 278 g/mol. The highest BCUT2D eigenvalue weighted by atomic mass is 32.1. The predicted molar refractivity (Wildman–Crippen MR) is 78.4 cm³/mol. The minimum atomic E-state index is 0.301. The molecule has 1 saturated carbocycles. The van der Waals surface area contributed by atoms with Gasteiger partial charge in [-0.15, -0.1) is 11.3 Å². The molecule has 0 radical (unpaired) electrons. The van der Waals surface area contributed by atoms with Gasteiger partial charge in [0, 0.05) is 17.5 Å². The van der Waals surface area contributed by atoms with Crippen molar-refractivity contribution in [2.75, 3.05) is 20.1 Å². The molecule has 0 aromatic carbocycles. The number of hydrogen-bond acceptors (Lipinski definition) is 3. The lowest BCUT2D eigenvalue weighted by atomic mass is 9.97. The Morgan fingerprint density at radius 1 is 1.53 bits per heavy atom. The quantitative estimate of drug-likeness (QED) is 0.845. The van der Waals surface area contributed by atoms with E-state index < -0.39 is 0 Å². The van der Waals surface area contributed by atoms with Gasteiger partial charge in [0.2, 0.25) is 5.91 Å². The van der Waals surface area contributed by atoms with E-state index in [-0.39, 0.29) is 0 Å². The van der Waals surface area contributed by atoms with Gasteiger partial charge in [0.25, 0.3) is 0 Å². The first kappa shape index (κ1) is 13.1. The summed E-state index contributed by atoms with van der Waals surface area (Å²) in [6.07, 6.45) is 4.57. The summed E-state index contributed by atoms with van der Waals surface area (Å²) in [4.78, 5) is 18.3. The van der Waals surface area contributed by atoms with Crippen molar-refractivity contribution in [1.29, 1.82) is 0 Å². The topological polar surface area (TPSA) is 23.6 Å². The van der Waals surface area contributed by atoms with Crippen LogP contribution in [0.15, 0.2) is 11.4 Å². The second kappa shape index (κ2) is 5.25. The third-order valence-electron chi connectivity index (χ3n) is 4.36. The number of hydrogen-bond donors (Lipinski definition) is 0. The predicted octanol–water partition coefficient (Wildman–Crippen LogP) is 2.68. The highest BCUT2D eigenvalue weighted by molar-refractivity contribution is 7.10. The van der Waals surface area contributed by atoms with Crippen LogP contribution in [0.25, 0.3) is 0 Å². The van der Waals surface area contributed by atoms with Crippen LogP contribution < -0.4 is 0 Å². The molecule has 1 aliphatic carbocycles. The highest BCUT2D eigenvalue weighted by Gasteiger charge is 2.33. The van der Waals surface area contributed by atoms with Crippen molar-refractivity contribution in [2.45, 2.75) is 44.7 Å². The normalized spacial score (nSPS) is 22.7. The Hall–Kier alpha value is -0.870. The number of fused-ring (bicyclic) bond motifs is 1. The molecule has 3 nitrogen and oxygen atoms in total. The van der Waals surface area contributed by atoms with Crippen LogP contribution >= 0.6 is 11.3 Å². The summed E-state index contributed by atoms with van der Waals surface area (Å²) in [5.74, 6) is 0.304. The van der Waals surface area contributed by atoms with Gasteiger partial charge in [-0.2, -0.15) is 0 Å². The molecular weight excluding hydrogens is 256 g/mol.